The summed E-state index contributed by atoms with van der Waals surface area (Å²) in [7, 11) is 1.39. The smallest absolute Gasteiger partial charge is 0.318 e. The summed E-state index contributed by atoms with van der Waals surface area (Å²) < 4.78 is 0. The summed E-state index contributed by atoms with van der Waals surface area (Å²) in [5.41, 5.74) is 4.75. The molecule has 0 radical (unpaired) electrons. The average molecular weight is 242 g/mol. The highest BCUT2D eigenvalue weighted by Crippen LogP contribution is 2.10. The van der Waals surface area contributed by atoms with Crippen molar-refractivity contribution in [1.82, 2.24) is 15.5 Å². The third-order valence-electron chi connectivity index (χ3n) is 2.42. The first-order valence-corrected chi connectivity index (χ1v) is 5.05. The van der Waals surface area contributed by atoms with Crippen molar-refractivity contribution in [2.75, 3.05) is 13.6 Å². The number of likely N-dealkylation sites (tertiary alicyclic amines) is 1. The van der Waals surface area contributed by atoms with Crippen LogP contribution in [0.4, 0.5) is 4.79 Å². The standard InChI is InChI=1S/C9H14N4O4/c1-13-7(15)3-2-5(8(13)16)11-4-6(14)12-9(10)17/h5,11H,2-4H2,1H3,(H3,10,12,14,17). The molecule has 1 fully saturated rings. The summed E-state index contributed by atoms with van der Waals surface area (Å²) >= 11 is 0. The molecule has 1 aliphatic rings. The minimum Gasteiger partial charge on any atom is -0.351 e. The number of nitrogens with one attached hydrogen (secondary N) is 2. The van der Waals surface area contributed by atoms with Crippen molar-refractivity contribution in [3.05, 3.63) is 0 Å². The molecule has 0 saturated carbocycles. The highest BCUT2D eigenvalue weighted by Gasteiger charge is 2.31. The highest BCUT2D eigenvalue weighted by atomic mass is 16.2. The lowest BCUT2D eigenvalue weighted by Gasteiger charge is -2.27. The predicted molar refractivity (Wildman–Crippen MR) is 56.5 cm³/mol. The fourth-order valence-electron chi connectivity index (χ4n) is 1.50. The van der Waals surface area contributed by atoms with Crippen LogP contribution in [-0.4, -0.2) is 48.3 Å². The third kappa shape index (κ3) is 3.52. The van der Waals surface area contributed by atoms with Crippen LogP contribution in [0.25, 0.3) is 0 Å². The van der Waals surface area contributed by atoms with E-state index in [1.54, 1.807) is 0 Å². The lowest BCUT2D eigenvalue weighted by atomic mass is 10.0. The Labute approximate surface area is 97.5 Å². The van der Waals surface area contributed by atoms with E-state index in [2.05, 4.69) is 5.32 Å². The molecule has 94 valence electrons. The highest BCUT2D eigenvalue weighted by molar-refractivity contribution is 6.00. The van der Waals surface area contributed by atoms with Crippen molar-refractivity contribution < 1.29 is 19.2 Å². The van der Waals surface area contributed by atoms with E-state index in [-0.39, 0.29) is 24.8 Å². The Balaban J connectivity index is 2.42. The van der Waals surface area contributed by atoms with Crippen LogP contribution in [0.5, 0.6) is 0 Å². The minimum absolute atomic E-state index is 0.207. The quantitative estimate of drug-likeness (QED) is 0.490. The summed E-state index contributed by atoms with van der Waals surface area (Å²) in [6.45, 7) is -0.207. The molecule has 4 N–H and O–H groups in total. The minimum atomic E-state index is -0.945. The van der Waals surface area contributed by atoms with Gasteiger partial charge >= 0.3 is 6.03 Å². The van der Waals surface area contributed by atoms with Gasteiger partial charge in [-0.25, -0.2) is 4.79 Å². The number of likely N-dealkylation sites (N-methyl/N-ethyl adjacent to an activating group) is 1. The van der Waals surface area contributed by atoms with Gasteiger partial charge in [0.2, 0.25) is 17.7 Å². The van der Waals surface area contributed by atoms with E-state index in [1.807, 2.05) is 5.32 Å². The van der Waals surface area contributed by atoms with E-state index in [0.717, 1.165) is 4.90 Å². The molecule has 1 aliphatic heterocycles. The maximum Gasteiger partial charge on any atom is 0.318 e. The number of carbonyl (C=O) groups excluding carboxylic acids is 4. The normalized spacial score (nSPS) is 20.3. The number of carbonyl (C=O) groups is 4. The van der Waals surface area contributed by atoms with Gasteiger partial charge in [0.25, 0.3) is 0 Å². The molecule has 5 amide bonds. The van der Waals surface area contributed by atoms with E-state index in [0.29, 0.717) is 6.42 Å². The molecule has 0 bridgehead atoms. The summed E-state index contributed by atoms with van der Waals surface area (Å²) in [6, 6.07) is -1.53. The van der Waals surface area contributed by atoms with Crippen LogP contribution in [0.15, 0.2) is 0 Å². The van der Waals surface area contributed by atoms with Gasteiger partial charge in [0.15, 0.2) is 0 Å². The van der Waals surface area contributed by atoms with E-state index in [1.165, 1.54) is 7.05 Å². The summed E-state index contributed by atoms with van der Waals surface area (Å²) in [4.78, 5) is 45.2. The van der Waals surface area contributed by atoms with Crippen LogP contribution in [0.2, 0.25) is 0 Å². The summed E-state index contributed by atoms with van der Waals surface area (Å²) in [6.07, 6.45) is 0.587. The second kappa shape index (κ2) is 5.39. The molecule has 0 spiro atoms. The van der Waals surface area contributed by atoms with Gasteiger partial charge in [-0.3, -0.25) is 29.9 Å². The molecule has 0 aromatic heterocycles. The zero-order valence-electron chi connectivity index (χ0n) is 9.36. The van der Waals surface area contributed by atoms with Crippen LogP contribution in [0, 0.1) is 0 Å². The van der Waals surface area contributed by atoms with Crippen molar-refractivity contribution >= 4 is 23.8 Å². The third-order valence-corrected chi connectivity index (χ3v) is 2.42. The molecule has 0 aliphatic carbocycles. The molecule has 1 unspecified atom stereocenters. The van der Waals surface area contributed by atoms with E-state index in [9.17, 15) is 19.2 Å². The number of nitrogens with two attached hydrogens (primary N) is 1. The Bertz CT molecular complexity index is 368. The Hall–Kier alpha value is -1.96. The molecular weight excluding hydrogens is 228 g/mol. The fraction of sp³-hybridized carbons (Fsp3) is 0.556. The number of hydrogen-bond donors (Lipinski definition) is 3. The molecule has 8 nitrogen and oxygen atoms in total. The maximum atomic E-state index is 11.6. The summed E-state index contributed by atoms with van der Waals surface area (Å²) in [5.74, 6) is -1.24. The number of primary amides is 1. The Kier molecular flexibility index (Phi) is 4.16. The number of hydrogen-bond acceptors (Lipinski definition) is 5. The molecule has 8 heteroatoms. The van der Waals surface area contributed by atoms with Crippen molar-refractivity contribution in [3.8, 4) is 0 Å². The molecule has 0 aromatic carbocycles. The molecule has 1 rings (SSSR count). The number of urea groups is 1. The van der Waals surface area contributed by atoms with Crippen molar-refractivity contribution in [2.45, 2.75) is 18.9 Å². The van der Waals surface area contributed by atoms with Gasteiger partial charge in [-0.15, -0.1) is 0 Å². The average Bonchev–Trinajstić information content (AvgIpc) is 2.24. The van der Waals surface area contributed by atoms with Crippen molar-refractivity contribution in [1.29, 1.82) is 0 Å². The molecule has 1 saturated heterocycles. The number of rotatable bonds is 3. The molecule has 17 heavy (non-hydrogen) atoms. The van der Waals surface area contributed by atoms with Crippen LogP contribution in [0.1, 0.15) is 12.8 Å². The molecular formula is C9H14N4O4. The first kappa shape index (κ1) is 13.1. The van der Waals surface area contributed by atoms with Crippen LogP contribution in [0.3, 0.4) is 0 Å². The first-order valence-electron chi connectivity index (χ1n) is 5.05. The largest absolute Gasteiger partial charge is 0.351 e. The lowest BCUT2D eigenvalue weighted by Crippen LogP contribution is -2.53. The molecule has 1 heterocycles. The Morgan fingerprint density at radius 1 is 1.47 bits per heavy atom. The topological polar surface area (TPSA) is 122 Å². The van der Waals surface area contributed by atoms with Gasteiger partial charge in [-0.1, -0.05) is 0 Å². The Morgan fingerprint density at radius 2 is 2.12 bits per heavy atom. The number of imide groups is 2. The fourth-order valence-corrected chi connectivity index (χ4v) is 1.50. The van der Waals surface area contributed by atoms with Crippen LogP contribution >= 0.6 is 0 Å². The monoisotopic (exact) mass is 242 g/mol. The molecule has 1 atom stereocenters. The zero-order chi connectivity index (χ0) is 13.0. The van der Waals surface area contributed by atoms with E-state index >= 15 is 0 Å². The lowest BCUT2D eigenvalue weighted by molar-refractivity contribution is -0.148. The van der Waals surface area contributed by atoms with E-state index < -0.39 is 18.0 Å². The second-order valence-corrected chi connectivity index (χ2v) is 3.68. The van der Waals surface area contributed by atoms with Gasteiger partial charge in [-0.2, -0.15) is 0 Å². The summed E-state index contributed by atoms with van der Waals surface area (Å²) in [5, 5.41) is 4.53. The number of amides is 5. The number of piperidine rings is 1. The SMILES string of the molecule is CN1C(=O)CCC(NCC(=O)NC(N)=O)C1=O. The predicted octanol–water partition coefficient (Wildman–Crippen LogP) is -2.08. The first-order chi connectivity index (χ1) is 7.91. The van der Waals surface area contributed by atoms with Crippen molar-refractivity contribution in [2.24, 2.45) is 5.73 Å². The van der Waals surface area contributed by atoms with Crippen LogP contribution in [-0.2, 0) is 14.4 Å². The second-order valence-electron chi connectivity index (χ2n) is 3.68. The van der Waals surface area contributed by atoms with Gasteiger partial charge in [-0.05, 0) is 6.42 Å². The van der Waals surface area contributed by atoms with Gasteiger partial charge in [0.1, 0.15) is 0 Å². The van der Waals surface area contributed by atoms with Gasteiger partial charge < -0.3 is 5.73 Å². The number of nitrogens with zero attached hydrogens (tertiary/aromatic N) is 1. The van der Waals surface area contributed by atoms with E-state index in [4.69, 9.17) is 5.73 Å². The zero-order valence-corrected chi connectivity index (χ0v) is 9.36. The maximum absolute atomic E-state index is 11.6. The molecule has 0 aromatic rings. The van der Waals surface area contributed by atoms with Crippen LogP contribution < -0.4 is 16.4 Å². The Morgan fingerprint density at radius 3 is 2.71 bits per heavy atom. The van der Waals surface area contributed by atoms with Gasteiger partial charge in [0, 0.05) is 13.5 Å². The van der Waals surface area contributed by atoms with Gasteiger partial charge in [0.05, 0.1) is 12.6 Å². The van der Waals surface area contributed by atoms with Crippen molar-refractivity contribution in [3.63, 3.8) is 0 Å².